The van der Waals surface area contributed by atoms with Crippen molar-refractivity contribution < 1.29 is 4.79 Å². The molecule has 4 nitrogen and oxygen atoms in total. The minimum absolute atomic E-state index is 0.0508. The van der Waals surface area contributed by atoms with Crippen molar-refractivity contribution in [2.45, 2.75) is 6.42 Å². The molecule has 0 radical (unpaired) electrons. The van der Waals surface area contributed by atoms with Gasteiger partial charge in [0.05, 0.1) is 17.1 Å². The average Bonchev–Trinajstić information content (AvgIpc) is 2.15. The summed E-state index contributed by atoms with van der Waals surface area (Å²) >= 11 is 4.59. The zero-order valence-corrected chi connectivity index (χ0v) is 8.30. The van der Waals surface area contributed by atoms with Crippen molar-refractivity contribution in [2.24, 2.45) is 5.73 Å². The number of nitrogens with one attached hydrogen (secondary N) is 2. The molecule has 1 aromatic carbocycles. The van der Waals surface area contributed by atoms with Crippen LogP contribution in [0.3, 0.4) is 0 Å². The predicted octanol–water partition coefficient (Wildman–Crippen LogP) is 0.806. The fourth-order valence-corrected chi connectivity index (χ4v) is 0.997. The summed E-state index contributed by atoms with van der Waals surface area (Å²) in [5.41, 5.74) is 11.2. The van der Waals surface area contributed by atoms with Gasteiger partial charge in [-0.1, -0.05) is 30.4 Å². The normalized spacial score (nSPS) is 9.14. The third-order valence-corrected chi connectivity index (χ3v) is 1.60. The van der Waals surface area contributed by atoms with Crippen LogP contribution in [-0.2, 0) is 4.79 Å². The molecular weight excluding hydrogens is 198 g/mol. The quantitative estimate of drug-likeness (QED) is 0.507. The van der Waals surface area contributed by atoms with Gasteiger partial charge >= 0.3 is 0 Å². The van der Waals surface area contributed by atoms with Gasteiger partial charge in [-0.05, 0) is 12.1 Å². The van der Waals surface area contributed by atoms with Crippen LogP contribution < -0.4 is 16.6 Å². The molecule has 0 spiro atoms. The second-order valence-corrected chi connectivity index (χ2v) is 3.21. The Morgan fingerprint density at radius 2 is 2.00 bits per heavy atom. The summed E-state index contributed by atoms with van der Waals surface area (Å²) in [4.78, 5) is 11.3. The molecule has 74 valence electrons. The highest BCUT2D eigenvalue weighted by Crippen LogP contribution is 2.02. The van der Waals surface area contributed by atoms with E-state index in [9.17, 15) is 4.79 Å². The third-order valence-electron chi connectivity index (χ3n) is 1.45. The molecule has 0 aliphatic carbocycles. The molecule has 0 aliphatic heterocycles. The van der Waals surface area contributed by atoms with Crippen molar-refractivity contribution >= 4 is 28.8 Å². The van der Waals surface area contributed by atoms with Gasteiger partial charge in [-0.25, -0.2) is 0 Å². The lowest BCUT2D eigenvalue weighted by molar-refractivity contribution is -0.119. The van der Waals surface area contributed by atoms with E-state index in [-0.39, 0.29) is 17.3 Å². The summed E-state index contributed by atoms with van der Waals surface area (Å²) in [7, 11) is 0. The molecule has 5 heteroatoms. The van der Waals surface area contributed by atoms with E-state index >= 15 is 0 Å². The Bertz CT molecular complexity index is 326. The smallest absolute Gasteiger partial charge is 0.245 e. The number of rotatable bonds is 4. The minimum Gasteiger partial charge on any atom is -0.393 e. The Morgan fingerprint density at radius 3 is 2.57 bits per heavy atom. The lowest BCUT2D eigenvalue weighted by atomic mass is 10.3. The number of carbonyl (C=O) groups excluding carboxylic acids is 1. The predicted molar refractivity (Wildman–Crippen MR) is 59.6 cm³/mol. The van der Waals surface area contributed by atoms with Crippen molar-refractivity contribution in [2.75, 3.05) is 5.43 Å². The highest BCUT2D eigenvalue weighted by Gasteiger charge is 2.01. The standard InChI is InChI=1S/C9H11N3OS/c10-8(14)6-9(13)12-11-7-4-2-1-3-5-7/h1-5,11H,6H2,(H2,10,14)(H,12,13). The van der Waals surface area contributed by atoms with Crippen LogP contribution in [0, 0.1) is 0 Å². The molecule has 1 aromatic rings. The van der Waals surface area contributed by atoms with Gasteiger partial charge in [-0.3, -0.25) is 15.6 Å². The number of thiocarbonyl (C=S) groups is 1. The van der Waals surface area contributed by atoms with E-state index in [2.05, 4.69) is 23.1 Å². The minimum atomic E-state index is -0.249. The Labute approximate surface area is 87.5 Å². The van der Waals surface area contributed by atoms with Gasteiger partial charge in [0.2, 0.25) is 5.91 Å². The number of nitrogens with two attached hydrogens (primary N) is 1. The monoisotopic (exact) mass is 209 g/mol. The van der Waals surface area contributed by atoms with Crippen LogP contribution in [0.25, 0.3) is 0 Å². The number of hydrogen-bond acceptors (Lipinski definition) is 3. The van der Waals surface area contributed by atoms with Crippen LogP contribution in [0.1, 0.15) is 6.42 Å². The highest BCUT2D eigenvalue weighted by molar-refractivity contribution is 7.80. The molecule has 1 rings (SSSR count). The zero-order chi connectivity index (χ0) is 10.4. The first kappa shape index (κ1) is 10.5. The van der Waals surface area contributed by atoms with Gasteiger partial charge in [0, 0.05) is 0 Å². The Morgan fingerprint density at radius 1 is 1.36 bits per heavy atom. The first-order valence-electron chi connectivity index (χ1n) is 4.06. The van der Waals surface area contributed by atoms with Gasteiger partial charge in [0.1, 0.15) is 0 Å². The second kappa shape index (κ2) is 5.18. The Kier molecular flexibility index (Phi) is 3.87. The van der Waals surface area contributed by atoms with E-state index < -0.39 is 0 Å². The van der Waals surface area contributed by atoms with Crippen LogP contribution >= 0.6 is 12.2 Å². The van der Waals surface area contributed by atoms with Crippen molar-refractivity contribution in [1.29, 1.82) is 0 Å². The summed E-state index contributed by atoms with van der Waals surface area (Å²) in [6, 6.07) is 9.29. The highest BCUT2D eigenvalue weighted by atomic mass is 32.1. The van der Waals surface area contributed by atoms with Crippen molar-refractivity contribution in [3.63, 3.8) is 0 Å². The maximum atomic E-state index is 11.1. The van der Waals surface area contributed by atoms with Gasteiger partial charge in [-0.15, -0.1) is 0 Å². The molecule has 0 unspecified atom stereocenters. The molecule has 0 fully saturated rings. The van der Waals surface area contributed by atoms with Crippen LogP contribution in [0.4, 0.5) is 5.69 Å². The van der Waals surface area contributed by atoms with Gasteiger partial charge in [0.15, 0.2) is 0 Å². The van der Waals surface area contributed by atoms with E-state index in [1.807, 2.05) is 30.3 Å². The van der Waals surface area contributed by atoms with Crippen LogP contribution in [-0.4, -0.2) is 10.9 Å². The third kappa shape index (κ3) is 3.86. The molecule has 0 saturated heterocycles. The van der Waals surface area contributed by atoms with Crippen LogP contribution in [0.15, 0.2) is 30.3 Å². The van der Waals surface area contributed by atoms with Crippen molar-refractivity contribution in [3.8, 4) is 0 Å². The molecule has 0 saturated carbocycles. The summed E-state index contributed by atoms with van der Waals surface area (Å²) in [6.07, 6.45) is 0.0508. The molecule has 1 amide bonds. The van der Waals surface area contributed by atoms with E-state index in [1.54, 1.807) is 0 Å². The first-order chi connectivity index (χ1) is 6.68. The molecule has 0 atom stereocenters. The lowest BCUT2D eigenvalue weighted by Crippen LogP contribution is -2.32. The summed E-state index contributed by atoms with van der Waals surface area (Å²) in [5, 5.41) is 0. The van der Waals surface area contributed by atoms with Crippen molar-refractivity contribution in [3.05, 3.63) is 30.3 Å². The summed E-state index contributed by atoms with van der Waals surface area (Å²) < 4.78 is 0. The van der Waals surface area contributed by atoms with E-state index in [4.69, 9.17) is 5.73 Å². The molecule has 0 heterocycles. The maximum Gasteiger partial charge on any atom is 0.245 e. The van der Waals surface area contributed by atoms with E-state index in [0.717, 1.165) is 5.69 Å². The molecule has 0 bridgehead atoms. The molecule has 14 heavy (non-hydrogen) atoms. The fraction of sp³-hybridized carbons (Fsp3) is 0.111. The lowest BCUT2D eigenvalue weighted by Gasteiger charge is -2.07. The zero-order valence-electron chi connectivity index (χ0n) is 7.49. The Balaban J connectivity index is 2.34. The number of anilines is 1. The number of hydrogen-bond donors (Lipinski definition) is 3. The van der Waals surface area contributed by atoms with Crippen molar-refractivity contribution in [1.82, 2.24) is 5.43 Å². The fourth-order valence-electron chi connectivity index (χ4n) is 0.866. The topological polar surface area (TPSA) is 67.2 Å². The SMILES string of the molecule is NC(=S)CC(=O)NNc1ccccc1. The van der Waals surface area contributed by atoms with Gasteiger partial charge < -0.3 is 5.73 Å². The molecule has 0 aliphatic rings. The largest absolute Gasteiger partial charge is 0.393 e. The number of hydrazine groups is 1. The summed E-state index contributed by atoms with van der Waals surface area (Å²) in [5.74, 6) is -0.249. The average molecular weight is 209 g/mol. The second-order valence-electron chi connectivity index (χ2n) is 2.68. The van der Waals surface area contributed by atoms with Gasteiger partial charge in [-0.2, -0.15) is 0 Å². The Hall–Kier alpha value is -1.62. The first-order valence-corrected chi connectivity index (χ1v) is 4.47. The van der Waals surface area contributed by atoms with E-state index in [0.29, 0.717) is 0 Å². The number of amides is 1. The van der Waals surface area contributed by atoms with Crippen LogP contribution in [0.5, 0.6) is 0 Å². The maximum absolute atomic E-state index is 11.1. The molecule has 4 N–H and O–H groups in total. The number of para-hydroxylation sites is 1. The van der Waals surface area contributed by atoms with Crippen LogP contribution in [0.2, 0.25) is 0 Å². The van der Waals surface area contributed by atoms with Gasteiger partial charge in [0.25, 0.3) is 0 Å². The number of carbonyl (C=O) groups is 1. The molecular formula is C9H11N3OS. The molecule has 0 aromatic heterocycles. The summed E-state index contributed by atoms with van der Waals surface area (Å²) in [6.45, 7) is 0. The number of benzene rings is 1. The van der Waals surface area contributed by atoms with E-state index in [1.165, 1.54) is 0 Å².